The van der Waals surface area contributed by atoms with Crippen LogP contribution in [0.4, 0.5) is 42.1 Å². The minimum atomic E-state index is -4.96. The van der Waals surface area contributed by atoms with Crippen LogP contribution in [0, 0.1) is 0 Å². The lowest BCUT2D eigenvalue weighted by Gasteiger charge is -2.29. The summed E-state index contributed by atoms with van der Waals surface area (Å²) in [5, 5.41) is 12.3. The minimum Gasteiger partial charge on any atom is -0.457 e. The van der Waals surface area contributed by atoms with E-state index in [4.69, 9.17) is 4.74 Å². The first-order valence-electron chi connectivity index (χ1n) is 11.3. The van der Waals surface area contributed by atoms with Gasteiger partial charge in [0.25, 0.3) is 0 Å². The van der Waals surface area contributed by atoms with Crippen LogP contribution in [0.1, 0.15) is 12.5 Å². The summed E-state index contributed by atoms with van der Waals surface area (Å²) in [6.45, 7) is 0.0441. The molecule has 0 spiro atoms. The summed E-state index contributed by atoms with van der Waals surface area (Å²) >= 11 is 0. The van der Waals surface area contributed by atoms with Gasteiger partial charge in [-0.05, 0) is 42.0 Å². The van der Waals surface area contributed by atoms with Crippen LogP contribution in [-0.2, 0) is 11.3 Å². The molecule has 210 valence electrons. The number of benzene rings is 3. The van der Waals surface area contributed by atoms with Crippen molar-refractivity contribution < 1.29 is 50.1 Å². The number of nitrogens with zero attached hydrogens (tertiary/aromatic N) is 1. The molecule has 0 aromatic heterocycles. The molecule has 0 heterocycles. The zero-order valence-corrected chi connectivity index (χ0v) is 20.3. The Morgan fingerprint density at radius 2 is 1.54 bits per heavy atom. The van der Waals surface area contributed by atoms with Crippen molar-refractivity contribution in [3.05, 3.63) is 78.4 Å². The Morgan fingerprint density at radius 1 is 0.923 bits per heavy atom. The van der Waals surface area contributed by atoms with E-state index in [1.165, 1.54) is 49.4 Å². The highest BCUT2D eigenvalue weighted by molar-refractivity contribution is 5.88. The van der Waals surface area contributed by atoms with E-state index in [1.54, 1.807) is 18.2 Å². The Balaban J connectivity index is 1.88. The molecule has 3 rings (SSSR count). The largest absolute Gasteiger partial charge is 0.461 e. The van der Waals surface area contributed by atoms with E-state index in [0.29, 0.717) is 11.4 Å². The maximum Gasteiger partial charge on any atom is 0.461 e. The number of aliphatic hydroxyl groups is 1. The molecule has 0 radical (unpaired) electrons. The van der Waals surface area contributed by atoms with Gasteiger partial charge >= 0.3 is 18.7 Å². The van der Waals surface area contributed by atoms with Gasteiger partial charge in [-0.2, -0.15) is 30.7 Å². The maximum absolute atomic E-state index is 13.3. The number of ether oxygens (including phenoxy) is 2. The third kappa shape index (κ3) is 8.77. The average Bonchev–Trinajstić information content (AvgIpc) is 2.83. The summed E-state index contributed by atoms with van der Waals surface area (Å²) in [5.74, 6) is -0.414. The van der Waals surface area contributed by atoms with Crippen LogP contribution < -0.4 is 19.7 Å². The van der Waals surface area contributed by atoms with E-state index in [1.807, 2.05) is 0 Å². The van der Waals surface area contributed by atoms with Gasteiger partial charge in [-0.3, -0.25) is 4.79 Å². The molecule has 0 saturated heterocycles. The molecular formula is C26H23F7N2O4. The first-order valence-corrected chi connectivity index (χ1v) is 11.3. The van der Waals surface area contributed by atoms with E-state index in [-0.39, 0.29) is 29.5 Å². The van der Waals surface area contributed by atoms with Crippen molar-refractivity contribution in [3.63, 3.8) is 0 Å². The maximum atomic E-state index is 13.3. The smallest absolute Gasteiger partial charge is 0.457 e. The molecular weight excluding hydrogens is 537 g/mol. The number of carbonyl (C=O) groups excluding carboxylic acids is 1. The van der Waals surface area contributed by atoms with Gasteiger partial charge in [0.05, 0.1) is 6.54 Å². The first kappa shape index (κ1) is 29.6. The molecule has 0 fully saturated rings. The molecule has 1 unspecified atom stereocenters. The molecule has 0 aliphatic carbocycles. The van der Waals surface area contributed by atoms with Crippen LogP contribution >= 0.6 is 0 Å². The topological polar surface area (TPSA) is 71.0 Å². The van der Waals surface area contributed by atoms with Crippen LogP contribution in [0.15, 0.2) is 72.8 Å². The fourth-order valence-electron chi connectivity index (χ4n) is 3.42. The first-order chi connectivity index (χ1) is 18.2. The van der Waals surface area contributed by atoms with Crippen LogP contribution in [0.25, 0.3) is 0 Å². The Labute approximate surface area is 218 Å². The number of rotatable bonds is 11. The van der Waals surface area contributed by atoms with Gasteiger partial charge in [0.15, 0.2) is 6.10 Å². The number of alkyl halides is 7. The Morgan fingerprint density at radius 3 is 2.18 bits per heavy atom. The molecule has 0 saturated carbocycles. The molecule has 39 heavy (non-hydrogen) atoms. The van der Waals surface area contributed by atoms with E-state index in [0.717, 1.165) is 17.0 Å². The third-order valence-corrected chi connectivity index (χ3v) is 5.12. The van der Waals surface area contributed by atoms with Crippen molar-refractivity contribution in [2.24, 2.45) is 0 Å². The number of carbonyl (C=O) groups is 1. The lowest BCUT2D eigenvalue weighted by molar-refractivity contribution is -0.253. The molecule has 3 aromatic rings. The zero-order valence-electron chi connectivity index (χ0n) is 20.3. The highest BCUT2D eigenvalue weighted by Gasteiger charge is 2.44. The fourth-order valence-corrected chi connectivity index (χ4v) is 3.42. The predicted octanol–water partition coefficient (Wildman–Crippen LogP) is 6.60. The van der Waals surface area contributed by atoms with E-state index < -0.39 is 37.1 Å². The van der Waals surface area contributed by atoms with Gasteiger partial charge < -0.3 is 24.8 Å². The quantitative estimate of drug-likeness (QED) is 0.259. The van der Waals surface area contributed by atoms with Crippen molar-refractivity contribution in [2.45, 2.75) is 38.3 Å². The van der Waals surface area contributed by atoms with Crippen molar-refractivity contribution in [1.82, 2.24) is 0 Å². The highest BCUT2D eigenvalue weighted by atomic mass is 19.4. The summed E-state index contributed by atoms with van der Waals surface area (Å²) in [6, 6.07) is 16.8. The summed E-state index contributed by atoms with van der Waals surface area (Å²) in [5.41, 5.74) is 0.755. The molecule has 0 aliphatic heterocycles. The molecule has 1 atom stereocenters. The average molecular weight is 560 g/mol. The number of hydrogen-bond donors (Lipinski definition) is 2. The molecule has 2 N–H and O–H groups in total. The number of amides is 1. The number of nitrogens with one attached hydrogen (secondary N) is 1. The normalized spacial score (nSPS) is 12.7. The van der Waals surface area contributed by atoms with Crippen LogP contribution in [0.2, 0.25) is 0 Å². The van der Waals surface area contributed by atoms with Gasteiger partial charge in [-0.25, -0.2) is 0 Å². The molecule has 13 heteroatoms. The summed E-state index contributed by atoms with van der Waals surface area (Å²) in [6.07, 6.45) is -16.6. The van der Waals surface area contributed by atoms with E-state index in [9.17, 15) is 40.6 Å². The van der Waals surface area contributed by atoms with Gasteiger partial charge in [0.1, 0.15) is 17.2 Å². The van der Waals surface area contributed by atoms with E-state index >= 15 is 0 Å². The lowest BCUT2D eigenvalue weighted by atomic mass is 10.1. The summed E-state index contributed by atoms with van der Waals surface area (Å²) < 4.78 is 101. The zero-order chi connectivity index (χ0) is 28.8. The lowest BCUT2D eigenvalue weighted by Crippen LogP contribution is -2.40. The van der Waals surface area contributed by atoms with E-state index in [2.05, 4.69) is 10.1 Å². The highest BCUT2D eigenvalue weighted by Crippen LogP contribution is 2.32. The molecule has 1 amide bonds. The standard InChI is InChI=1S/C26H23F7N2O4/c1-16(36)34-18-6-3-8-20(12-18)38-21-9-4-7-19(13-21)35(15-23(37)25(29,30)31)14-17-5-2-10-22(11-17)39-26(32,33)24(27)28/h2-13,23-24,37H,14-15H2,1H3,(H,34,36). The van der Waals surface area contributed by atoms with Gasteiger partial charge in [-0.1, -0.05) is 24.3 Å². The Hall–Kier alpha value is -4.00. The molecule has 6 nitrogen and oxygen atoms in total. The van der Waals surface area contributed by atoms with Gasteiger partial charge in [-0.15, -0.1) is 0 Å². The van der Waals surface area contributed by atoms with Gasteiger partial charge in [0, 0.05) is 37.0 Å². The van der Waals surface area contributed by atoms with Crippen LogP contribution in [0.5, 0.6) is 17.2 Å². The number of anilines is 2. The van der Waals surface area contributed by atoms with Crippen molar-refractivity contribution >= 4 is 17.3 Å². The van der Waals surface area contributed by atoms with Gasteiger partial charge in [0.2, 0.25) is 5.91 Å². The SMILES string of the molecule is CC(=O)Nc1cccc(Oc2cccc(N(Cc3cccc(OC(F)(F)C(F)F)c3)CC(O)C(F)(F)F)c2)c1. The number of aliphatic hydroxyl groups excluding tert-OH is 1. The van der Waals surface area contributed by atoms with Crippen molar-refractivity contribution in [1.29, 1.82) is 0 Å². The second-order valence-electron chi connectivity index (χ2n) is 8.36. The number of hydrogen-bond acceptors (Lipinski definition) is 5. The summed E-state index contributed by atoms with van der Waals surface area (Å²) in [4.78, 5) is 12.4. The Kier molecular flexibility index (Phi) is 9.28. The molecule has 3 aromatic carbocycles. The third-order valence-electron chi connectivity index (χ3n) is 5.12. The molecule has 0 aliphatic rings. The van der Waals surface area contributed by atoms with Crippen LogP contribution in [-0.4, -0.2) is 42.4 Å². The second kappa shape index (κ2) is 12.2. The molecule has 0 bridgehead atoms. The summed E-state index contributed by atoms with van der Waals surface area (Å²) in [7, 11) is 0. The van der Waals surface area contributed by atoms with Crippen molar-refractivity contribution in [3.8, 4) is 17.2 Å². The fraction of sp³-hybridized carbons (Fsp3) is 0.269. The minimum absolute atomic E-state index is 0.140. The Bertz CT molecular complexity index is 1270. The number of halogens is 7. The van der Waals surface area contributed by atoms with Crippen LogP contribution in [0.3, 0.4) is 0 Å². The van der Waals surface area contributed by atoms with Crippen molar-refractivity contribution in [2.75, 3.05) is 16.8 Å². The second-order valence-corrected chi connectivity index (χ2v) is 8.36. The monoisotopic (exact) mass is 560 g/mol. The predicted molar refractivity (Wildman–Crippen MR) is 128 cm³/mol.